The molecule has 1 aromatic carbocycles. The molecule has 21 heavy (non-hydrogen) atoms. The number of aromatic hydroxyl groups is 1. The van der Waals surface area contributed by atoms with Gasteiger partial charge in [-0.3, -0.25) is 4.79 Å². The molecule has 1 unspecified atom stereocenters. The minimum absolute atomic E-state index is 0.0330. The molecule has 0 saturated carbocycles. The summed E-state index contributed by atoms with van der Waals surface area (Å²) in [5.74, 6) is -1.68. The van der Waals surface area contributed by atoms with Crippen LogP contribution >= 0.6 is 0 Å². The Kier molecular flexibility index (Phi) is 4.23. The van der Waals surface area contributed by atoms with Gasteiger partial charge in [-0.05, 0) is 23.8 Å². The van der Waals surface area contributed by atoms with Crippen LogP contribution in [0.5, 0.6) is 5.75 Å². The summed E-state index contributed by atoms with van der Waals surface area (Å²) in [6.07, 6.45) is 5.19. The molecule has 2 rings (SSSR count). The fraction of sp³-hybridized carbons (Fsp3) is 0.125. The molecule has 1 aliphatic rings. The highest BCUT2D eigenvalue weighted by molar-refractivity contribution is 5.91. The molecule has 0 aliphatic heterocycles. The Balaban J connectivity index is 2.44. The zero-order valence-electron chi connectivity index (χ0n) is 11.3. The van der Waals surface area contributed by atoms with Gasteiger partial charge in [0, 0.05) is 12.5 Å². The monoisotopic (exact) mass is 286 g/mol. The summed E-state index contributed by atoms with van der Waals surface area (Å²) in [5, 5.41) is 19.0. The van der Waals surface area contributed by atoms with E-state index in [9.17, 15) is 19.8 Å². The molecule has 0 bridgehead atoms. The van der Waals surface area contributed by atoms with Crippen LogP contribution in [-0.4, -0.2) is 28.3 Å². The molecule has 0 fully saturated rings. The summed E-state index contributed by atoms with van der Waals surface area (Å²) in [6.45, 7) is 1.22. The Hall–Kier alpha value is -2.82. The van der Waals surface area contributed by atoms with Crippen molar-refractivity contribution in [1.29, 1.82) is 0 Å². The maximum absolute atomic E-state index is 11.2. The number of allylic oxidation sites excluding steroid dienone is 2. The number of para-hydroxylation sites is 1. The van der Waals surface area contributed by atoms with Crippen LogP contribution in [0.3, 0.4) is 0 Å². The van der Waals surface area contributed by atoms with E-state index in [0.717, 1.165) is 0 Å². The Labute approximate surface area is 121 Å². The zero-order valence-corrected chi connectivity index (χ0v) is 11.3. The van der Waals surface area contributed by atoms with E-state index in [1.807, 2.05) is 0 Å². The van der Waals surface area contributed by atoms with Crippen molar-refractivity contribution in [3.05, 3.63) is 59.2 Å². The molecule has 5 heteroatoms. The fourth-order valence-electron chi connectivity index (χ4n) is 2.01. The SMILES string of the molecule is CC(=O)OC1C(=Cc2ccccc2O)C=CC=C1C(=O)O. The third-order valence-corrected chi connectivity index (χ3v) is 2.94. The third-order valence-electron chi connectivity index (χ3n) is 2.94. The number of carbonyl (C=O) groups excluding carboxylic acids is 1. The molecule has 0 saturated heterocycles. The van der Waals surface area contributed by atoms with E-state index < -0.39 is 18.0 Å². The number of phenolic OH excluding ortho intramolecular Hbond substituents is 1. The van der Waals surface area contributed by atoms with Gasteiger partial charge in [-0.2, -0.15) is 0 Å². The molecule has 1 aliphatic carbocycles. The number of carbonyl (C=O) groups is 2. The first-order valence-corrected chi connectivity index (χ1v) is 6.27. The topological polar surface area (TPSA) is 83.8 Å². The number of aliphatic carboxylic acids is 1. The number of benzene rings is 1. The molecule has 0 heterocycles. The molecule has 0 spiro atoms. The van der Waals surface area contributed by atoms with Crippen molar-refractivity contribution >= 4 is 18.0 Å². The number of phenols is 1. The van der Waals surface area contributed by atoms with Crippen LogP contribution in [0.2, 0.25) is 0 Å². The molecule has 108 valence electrons. The molecular weight excluding hydrogens is 272 g/mol. The van der Waals surface area contributed by atoms with Crippen molar-refractivity contribution < 1.29 is 24.5 Å². The van der Waals surface area contributed by atoms with E-state index in [-0.39, 0.29) is 11.3 Å². The lowest BCUT2D eigenvalue weighted by atomic mass is 9.94. The summed E-state index contributed by atoms with van der Waals surface area (Å²) in [4.78, 5) is 22.4. The predicted octanol–water partition coefficient (Wildman–Crippen LogP) is 2.29. The molecule has 1 aromatic rings. The van der Waals surface area contributed by atoms with Gasteiger partial charge < -0.3 is 14.9 Å². The lowest BCUT2D eigenvalue weighted by Gasteiger charge is -2.21. The van der Waals surface area contributed by atoms with Gasteiger partial charge >= 0.3 is 11.9 Å². The zero-order chi connectivity index (χ0) is 15.4. The first kappa shape index (κ1) is 14.6. The molecule has 1 atom stereocenters. The number of hydrogen-bond acceptors (Lipinski definition) is 4. The van der Waals surface area contributed by atoms with Crippen molar-refractivity contribution in [2.45, 2.75) is 13.0 Å². The van der Waals surface area contributed by atoms with Gasteiger partial charge in [-0.1, -0.05) is 30.4 Å². The first-order chi connectivity index (χ1) is 9.99. The number of esters is 1. The highest BCUT2D eigenvalue weighted by atomic mass is 16.5. The van der Waals surface area contributed by atoms with Crippen LogP contribution < -0.4 is 0 Å². The van der Waals surface area contributed by atoms with Crippen molar-refractivity contribution in [2.24, 2.45) is 0 Å². The molecule has 2 N–H and O–H groups in total. The number of rotatable bonds is 3. The lowest BCUT2D eigenvalue weighted by Crippen LogP contribution is -2.26. The average molecular weight is 286 g/mol. The molecule has 0 radical (unpaired) electrons. The third kappa shape index (κ3) is 3.39. The van der Waals surface area contributed by atoms with Gasteiger partial charge in [0.15, 0.2) is 6.10 Å². The normalized spacial score (nSPS) is 19.2. The quantitative estimate of drug-likeness (QED) is 0.833. The van der Waals surface area contributed by atoms with Crippen molar-refractivity contribution in [1.82, 2.24) is 0 Å². The van der Waals surface area contributed by atoms with Gasteiger partial charge in [0.25, 0.3) is 0 Å². The maximum atomic E-state index is 11.2. The summed E-state index contributed by atoms with van der Waals surface area (Å²) in [7, 11) is 0. The minimum atomic E-state index is -1.16. The highest BCUT2D eigenvalue weighted by Crippen LogP contribution is 2.27. The number of carboxylic acids is 1. The number of carboxylic acid groups (broad SMARTS) is 1. The van der Waals surface area contributed by atoms with E-state index in [1.54, 1.807) is 36.4 Å². The van der Waals surface area contributed by atoms with Gasteiger partial charge in [-0.25, -0.2) is 4.79 Å². The van der Waals surface area contributed by atoms with Gasteiger partial charge in [0.1, 0.15) is 5.75 Å². The predicted molar refractivity (Wildman–Crippen MR) is 76.5 cm³/mol. The Morgan fingerprint density at radius 3 is 2.62 bits per heavy atom. The molecule has 5 nitrogen and oxygen atoms in total. The van der Waals surface area contributed by atoms with Gasteiger partial charge in [-0.15, -0.1) is 0 Å². The van der Waals surface area contributed by atoms with Crippen LogP contribution in [0.25, 0.3) is 6.08 Å². The smallest absolute Gasteiger partial charge is 0.335 e. The lowest BCUT2D eigenvalue weighted by molar-refractivity contribution is -0.144. The Morgan fingerprint density at radius 1 is 1.29 bits per heavy atom. The maximum Gasteiger partial charge on any atom is 0.335 e. The van der Waals surface area contributed by atoms with E-state index in [4.69, 9.17) is 4.74 Å². The summed E-state index contributed by atoms with van der Waals surface area (Å²) < 4.78 is 5.10. The standard InChI is InChI=1S/C16H14O5/c1-10(17)21-15-12(6-4-7-13(15)16(19)20)9-11-5-2-3-8-14(11)18/h2-9,15,18H,1H3,(H,19,20). The summed E-state index contributed by atoms with van der Waals surface area (Å²) >= 11 is 0. The number of ether oxygens (including phenoxy) is 1. The van der Waals surface area contributed by atoms with E-state index >= 15 is 0 Å². The van der Waals surface area contributed by atoms with Crippen LogP contribution in [0.4, 0.5) is 0 Å². The van der Waals surface area contributed by atoms with E-state index in [1.165, 1.54) is 19.1 Å². The summed E-state index contributed by atoms with van der Waals surface area (Å²) in [6, 6.07) is 6.63. The first-order valence-electron chi connectivity index (χ1n) is 6.27. The largest absolute Gasteiger partial charge is 0.507 e. The Morgan fingerprint density at radius 2 is 2.00 bits per heavy atom. The van der Waals surface area contributed by atoms with E-state index in [2.05, 4.69) is 0 Å². The Bertz CT molecular complexity index is 667. The fourth-order valence-corrected chi connectivity index (χ4v) is 2.01. The highest BCUT2D eigenvalue weighted by Gasteiger charge is 2.27. The van der Waals surface area contributed by atoms with Gasteiger partial charge in [0.05, 0.1) is 5.57 Å². The van der Waals surface area contributed by atoms with E-state index in [0.29, 0.717) is 11.1 Å². The molecule has 0 aromatic heterocycles. The second-order valence-electron chi connectivity index (χ2n) is 4.48. The van der Waals surface area contributed by atoms with Crippen LogP contribution in [0.15, 0.2) is 53.6 Å². The molecular formula is C16H14O5. The van der Waals surface area contributed by atoms with Crippen molar-refractivity contribution in [3.63, 3.8) is 0 Å². The van der Waals surface area contributed by atoms with Crippen molar-refractivity contribution in [2.75, 3.05) is 0 Å². The van der Waals surface area contributed by atoms with Gasteiger partial charge in [0.2, 0.25) is 0 Å². The van der Waals surface area contributed by atoms with Crippen LogP contribution in [0.1, 0.15) is 12.5 Å². The molecule has 0 amide bonds. The van der Waals surface area contributed by atoms with Crippen molar-refractivity contribution in [3.8, 4) is 5.75 Å². The second kappa shape index (κ2) is 6.09. The minimum Gasteiger partial charge on any atom is -0.507 e. The average Bonchev–Trinajstić information content (AvgIpc) is 2.42. The number of hydrogen-bond donors (Lipinski definition) is 2. The second-order valence-corrected chi connectivity index (χ2v) is 4.48. The van der Waals surface area contributed by atoms with Crippen LogP contribution in [-0.2, 0) is 14.3 Å². The summed E-state index contributed by atoms with van der Waals surface area (Å²) in [5.41, 5.74) is 0.960. The van der Waals surface area contributed by atoms with Crippen LogP contribution in [0, 0.1) is 0 Å².